The van der Waals surface area contributed by atoms with E-state index in [0.717, 1.165) is 23.3 Å². The molecule has 0 spiro atoms. The number of hydrogen-bond acceptors (Lipinski definition) is 1. The van der Waals surface area contributed by atoms with Gasteiger partial charge in [-0.3, -0.25) is 10.2 Å². The summed E-state index contributed by atoms with van der Waals surface area (Å²) in [6, 6.07) is 9.53. The van der Waals surface area contributed by atoms with Gasteiger partial charge in [0, 0.05) is 18.9 Å². The van der Waals surface area contributed by atoms with E-state index in [0.29, 0.717) is 25.1 Å². The van der Waals surface area contributed by atoms with E-state index in [2.05, 4.69) is 0 Å². The molecule has 1 saturated heterocycles. The number of benzene rings is 2. The molecule has 2 aromatic carbocycles. The third-order valence-corrected chi connectivity index (χ3v) is 5.36. The number of likely N-dealkylation sites (tertiary alicyclic amines) is 1. The number of rotatable bonds is 3. The first-order chi connectivity index (χ1) is 12.5. The maximum atomic E-state index is 14.3. The average Bonchev–Trinajstić information content (AvgIpc) is 3.27. The normalized spacial score (nSPS) is 22.0. The Kier molecular flexibility index (Phi) is 4.10. The van der Waals surface area contributed by atoms with Gasteiger partial charge in [-0.2, -0.15) is 0 Å². The third kappa shape index (κ3) is 2.91. The lowest BCUT2D eigenvalue weighted by molar-refractivity contribution is -0.133. The van der Waals surface area contributed by atoms with Crippen molar-refractivity contribution in [2.75, 3.05) is 13.1 Å². The molecule has 0 aromatic heterocycles. The van der Waals surface area contributed by atoms with Crippen molar-refractivity contribution in [3.63, 3.8) is 0 Å². The summed E-state index contributed by atoms with van der Waals surface area (Å²) < 4.78 is 28.7. The summed E-state index contributed by atoms with van der Waals surface area (Å²) in [4.78, 5) is 14.5. The van der Waals surface area contributed by atoms with E-state index >= 15 is 0 Å². The predicted molar refractivity (Wildman–Crippen MR) is 95.5 cm³/mol. The Labute approximate surface area is 151 Å². The SMILES string of the molecule is Cc1ccc(C2CC2C(=O)N2CCC(=[NH2+])C2)c(-c2c(F)cccc2F)c1. The topological polar surface area (TPSA) is 45.9 Å². The van der Waals surface area contributed by atoms with Crippen LogP contribution >= 0.6 is 0 Å². The van der Waals surface area contributed by atoms with E-state index < -0.39 is 11.6 Å². The zero-order valence-electron chi connectivity index (χ0n) is 14.6. The van der Waals surface area contributed by atoms with Crippen molar-refractivity contribution in [1.29, 1.82) is 0 Å². The molecule has 1 saturated carbocycles. The summed E-state index contributed by atoms with van der Waals surface area (Å²) in [6.45, 7) is 3.08. The molecule has 2 N–H and O–H groups in total. The Bertz CT molecular complexity index is 889. The molecule has 4 rings (SSSR count). The first-order valence-corrected chi connectivity index (χ1v) is 8.89. The van der Waals surface area contributed by atoms with Gasteiger partial charge in [0.1, 0.15) is 18.2 Å². The van der Waals surface area contributed by atoms with E-state index in [4.69, 9.17) is 5.41 Å². The van der Waals surface area contributed by atoms with Gasteiger partial charge in [0.05, 0.1) is 5.56 Å². The van der Waals surface area contributed by atoms with Crippen LogP contribution < -0.4 is 5.41 Å². The highest BCUT2D eigenvalue weighted by atomic mass is 19.1. The van der Waals surface area contributed by atoms with Crippen LogP contribution in [0.4, 0.5) is 8.78 Å². The van der Waals surface area contributed by atoms with E-state index in [1.165, 1.54) is 18.2 Å². The van der Waals surface area contributed by atoms with Crippen LogP contribution in [0.15, 0.2) is 36.4 Å². The molecule has 2 aromatic rings. The fourth-order valence-corrected chi connectivity index (χ4v) is 3.88. The van der Waals surface area contributed by atoms with Gasteiger partial charge < -0.3 is 4.90 Å². The molecule has 1 heterocycles. The van der Waals surface area contributed by atoms with Gasteiger partial charge >= 0.3 is 0 Å². The second-order valence-corrected chi connectivity index (χ2v) is 7.30. The van der Waals surface area contributed by atoms with Gasteiger partial charge in [0.15, 0.2) is 5.71 Å². The predicted octanol–water partition coefficient (Wildman–Crippen LogP) is 2.48. The molecule has 1 amide bonds. The maximum absolute atomic E-state index is 14.3. The number of aryl methyl sites for hydroxylation is 1. The number of nitrogens with two attached hydrogens (primary N) is 1. The monoisotopic (exact) mass is 355 g/mol. The van der Waals surface area contributed by atoms with E-state index in [-0.39, 0.29) is 23.3 Å². The lowest BCUT2D eigenvalue weighted by Crippen LogP contribution is -2.42. The van der Waals surface area contributed by atoms with Crippen LogP contribution in [0.5, 0.6) is 0 Å². The van der Waals surface area contributed by atoms with E-state index in [9.17, 15) is 13.6 Å². The summed E-state index contributed by atoms with van der Waals surface area (Å²) >= 11 is 0. The molecular formula is C21H21F2N2O+. The van der Waals surface area contributed by atoms with Crippen molar-refractivity contribution >= 4 is 11.6 Å². The van der Waals surface area contributed by atoms with Crippen molar-refractivity contribution in [2.24, 2.45) is 5.92 Å². The molecule has 5 heteroatoms. The van der Waals surface area contributed by atoms with Crippen LogP contribution in [0.1, 0.15) is 29.9 Å². The molecule has 1 aliphatic heterocycles. The second-order valence-electron chi connectivity index (χ2n) is 7.30. The minimum absolute atomic E-state index is 0.000990. The number of carbonyl (C=O) groups excluding carboxylic acids is 1. The molecule has 2 unspecified atom stereocenters. The minimum atomic E-state index is -0.581. The minimum Gasteiger partial charge on any atom is -0.332 e. The highest BCUT2D eigenvalue weighted by molar-refractivity contribution is 5.92. The lowest BCUT2D eigenvalue weighted by Gasteiger charge is -2.15. The fraction of sp³-hybridized carbons (Fsp3) is 0.333. The van der Waals surface area contributed by atoms with Gasteiger partial charge in [-0.15, -0.1) is 0 Å². The van der Waals surface area contributed by atoms with Gasteiger partial charge in [-0.05, 0) is 42.5 Å². The Morgan fingerprint density at radius 3 is 2.58 bits per heavy atom. The Balaban J connectivity index is 1.67. The largest absolute Gasteiger partial charge is 0.332 e. The zero-order valence-corrected chi connectivity index (χ0v) is 14.6. The Hall–Kier alpha value is -2.56. The van der Waals surface area contributed by atoms with Gasteiger partial charge in [-0.1, -0.05) is 29.8 Å². The summed E-state index contributed by atoms with van der Waals surface area (Å²) in [5.74, 6) is -1.20. The van der Waals surface area contributed by atoms with Crippen LogP contribution in [0.2, 0.25) is 0 Å². The van der Waals surface area contributed by atoms with Gasteiger partial charge in [0.25, 0.3) is 0 Å². The smallest absolute Gasteiger partial charge is 0.226 e. The first-order valence-electron chi connectivity index (χ1n) is 8.89. The van der Waals surface area contributed by atoms with Crippen LogP contribution in [0, 0.1) is 24.5 Å². The summed E-state index contributed by atoms with van der Waals surface area (Å²) in [7, 11) is 0. The summed E-state index contributed by atoms with van der Waals surface area (Å²) in [5.41, 5.74) is 3.14. The molecule has 1 aliphatic carbocycles. The number of amides is 1. The molecule has 2 atom stereocenters. The summed E-state index contributed by atoms with van der Waals surface area (Å²) in [5, 5.41) is 5.82. The lowest BCUT2D eigenvalue weighted by atomic mass is 9.93. The molecule has 2 aliphatic rings. The molecule has 0 radical (unpaired) electrons. The quantitative estimate of drug-likeness (QED) is 0.903. The van der Waals surface area contributed by atoms with Crippen LogP contribution in [0.3, 0.4) is 0 Å². The fourth-order valence-electron chi connectivity index (χ4n) is 3.88. The molecule has 2 fully saturated rings. The number of halogens is 2. The maximum Gasteiger partial charge on any atom is 0.226 e. The first kappa shape index (κ1) is 16.9. The standard InChI is InChI=1S/C21H20F2N2O/c1-12-5-6-14(16(9-12)20-18(22)3-2-4-19(20)23)15-10-17(15)21(26)25-8-7-13(24)11-25/h2-6,9,15,17,24H,7-8,10-11H2,1H3/p+1. The third-order valence-electron chi connectivity index (χ3n) is 5.36. The van der Waals surface area contributed by atoms with Crippen molar-refractivity contribution in [3.05, 3.63) is 59.2 Å². The van der Waals surface area contributed by atoms with E-state index in [1.54, 1.807) is 11.0 Å². The Morgan fingerprint density at radius 2 is 1.92 bits per heavy atom. The highest BCUT2D eigenvalue weighted by Gasteiger charge is 2.47. The van der Waals surface area contributed by atoms with Crippen LogP contribution in [0.25, 0.3) is 11.1 Å². The summed E-state index contributed by atoms with van der Waals surface area (Å²) in [6.07, 6.45) is 1.46. The van der Waals surface area contributed by atoms with Gasteiger partial charge in [0.2, 0.25) is 5.91 Å². The van der Waals surface area contributed by atoms with Crippen molar-refractivity contribution < 1.29 is 19.0 Å². The Morgan fingerprint density at radius 1 is 1.19 bits per heavy atom. The van der Waals surface area contributed by atoms with Gasteiger partial charge in [-0.25, -0.2) is 8.78 Å². The molecule has 3 nitrogen and oxygen atoms in total. The molecule has 0 bridgehead atoms. The zero-order chi connectivity index (χ0) is 18.4. The van der Waals surface area contributed by atoms with Crippen LogP contribution in [-0.2, 0) is 4.79 Å². The highest BCUT2D eigenvalue weighted by Crippen LogP contribution is 2.52. The molecule has 134 valence electrons. The second kappa shape index (κ2) is 6.31. The van der Waals surface area contributed by atoms with Crippen LogP contribution in [-0.4, -0.2) is 29.6 Å². The van der Waals surface area contributed by atoms with E-state index in [1.807, 2.05) is 19.1 Å². The number of hydrogen-bond donors (Lipinski definition) is 1. The molecular weight excluding hydrogens is 334 g/mol. The average molecular weight is 355 g/mol. The van der Waals surface area contributed by atoms with Crippen molar-refractivity contribution in [2.45, 2.75) is 25.7 Å². The number of carbonyl (C=O) groups is 1. The van der Waals surface area contributed by atoms with Crippen molar-refractivity contribution in [3.8, 4) is 11.1 Å². The molecule has 26 heavy (non-hydrogen) atoms. The van der Waals surface area contributed by atoms with Crippen molar-refractivity contribution in [1.82, 2.24) is 4.90 Å². The number of nitrogens with zero attached hydrogens (tertiary/aromatic N) is 1.